The van der Waals surface area contributed by atoms with Gasteiger partial charge in [0.2, 0.25) is 0 Å². The summed E-state index contributed by atoms with van der Waals surface area (Å²) in [6.07, 6.45) is 1.75. The molecule has 0 atom stereocenters. The van der Waals surface area contributed by atoms with Crippen LogP contribution in [0.25, 0.3) is 6.08 Å². The monoisotopic (exact) mass is 498 g/mol. The summed E-state index contributed by atoms with van der Waals surface area (Å²) >= 11 is 13.7. The van der Waals surface area contributed by atoms with Crippen LogP contribution in [-0.2, 0) is 11.4 Å². The van der Waals surface area contributed by atoms with Gasteiger partial charge in [-0.1, -0.05) is 53.0 Å². The number of rotatable bonds is 6. The molecule has 1 fully saturated rings. The molecule has 1 N–H and O–H groups in total. The third-order valence-corrected chi connectivity index (χ3v) is 6.20. The fourth-order valence-corrected chi connectivity index (χ4v) is 4.31. The molecule has 33 heavy (non-hydrogen) atoms. The lowest BCUT2D eigenvalue weighted by molar-refractivity contribution is -0.115. The smallest absolute Gasteiger partial charge is 0.264 e. The maximum Gasteiger partial charge on any atom is 0.264 e. The van der Waals surface area contributed by atoms with E-state index in [1.165, 1.54) is 11.8 Å². The first-order chi connectivity index (χ1) is 15.9. The summed E-state index contributed by atoms with van der Waals surface area (Å²) in [5.41, 5.74) is 3.58. The minimum atomic E-state index is -0.219. The highest BCUT2D eigenvalue weighted by Crippen LogP contribution is 2.38. The molecule has 168 valence electrons. The summed E-state index contributed by atoms with van der Waals surface area (Å²) in [7, 11) is 1.54. The molecule has 5 nitrogen and oxygen atoms in total. The molecule has 0 aliphatic carbocycles. The van der Waals surface area contributed by atoms with Gasteiger partial charge in [-0.25, -0.2) is 4.99 Å². The summed E-state index contributed by atoms with van der Waals surface area (Å²) in [6.45, 7) is 2.32. The van der Waals surface area contributed by atoms with Gasteiger partial charge in [0.1, 0.15) is 6.61 Å². The van der Waals surface area contributed by atoms with Crippen molar-refractivity contribution in [1.82, 2.24) is 5.32 Å². The van der Waals surface area contributed by atoms with Gasteiger partial charge in [-0.2, -0.15) is 0 Å². The molecule has 1 heterocycles. The van der Waals surface area contributed by atoms with E-state index in [9.17, 15) is 4.79 Å². The fraction of sp³-hybridized carbons (Fsp3) is 0.120. The predicted octanol–water partition coefficient (Wildman–Crippen LogP) is 6.78. The van der Waals surface area contributed by atoms with Crippen molar-refractivity contribution in [3.63, 3.8) is 0 Å². The first-order valence-corrected chi connectivity index (χ1v) is 11.6. The van der Waals surface area contributed by atoms with E-state index in [4.69, 9.17) is 32.7 Å². The number of thioether (sulfide) groups is 1. The van der Waals surface area contributed by atoms with Crippen molar-refractivity contribution in [2.24, 2.45) is 4.99 Å². The van der Waals surface area contributed by atoms with E-state index in [-0.39, 0.29) is 5.91 Å². The number of aliphatic imine (C=N–C) groups is 1. The molecule has 0 radical (unpaired) electrons. The number of benzene rings is 3. The van der Waals surface area contributed by atoms with Gasteiger partial charge in [0, 0.05) is 5.02 Å². The lowest BCUT2D eigenvalue weighted by Crippen LogP contribution is -2.19. The third kappa shape index (κ3) is 5.90. The maximum absolute atomic E-state index is 12.4. The molecule has 1 amide bonds. The molecule has 0 bridgehead atoms. The van der Waals surface area contributed by atoms with Crippen molar-refractivity contribution in [2.75, 3.05) is 7.11 Å². The van der Waals surface area contributed by atoms with Gasteiger partial charge in [-0.15, -0.1) is 0 Å². The zero-order valence-electron chi connectivity index (χ0n) is 17.9. The Hall–Kier alpha value is -2.93. The number of hydrogen-bond donors (Lipinski definition) is 1. The van der Waals surface area contributed by atoms with Crippen molar-refractivity contribution < 1.29 is 14.3 Å². The Morgan fingerprint density at radius 2 is 1.79 bits per heavy atom. The SMILES string of the molecule is COc1cc(/C=C2\SC(=Nc3ccc(C)cc3)NC2=O)cc(Cl)c1OCc1ccc(Cl)cc1. The highest BCUT2D eigenvalue weighted by Gasteiger charge is 2.24. The molecule has 4 rings (SSSR count). The lowest BCUT2D eigenvalue weighted by Gasteiger charge is -2.13. The highest BCUT2D eigenvalue weighted by molar-refractivity contribution is 8.18. The van der Waals surface area contributed by atoms with Gasteiger partial charge in [0.25, 0.3) is 5.91 Å². The maximum atomic E-state index is 12.4. The summed E-state index contributed by atoms with van der Waals surface area (Å²) in [4.78, 5) is 17.4. The van der Waals surface area contributed by atoms with Gasteiger partial charge in [-0.3, -0.25) is 4.79 Å². The standard InChI is InChI=1S/C25H20Cl2N2O3S/c1-15-3-9-19(10-4-15)28-25-29-24(30)22(33-25)13-17-11-20(27)23(21(12-17)31-2)32-14-16-5-7-18(26)8-6-16/h3-13H,14H2,1-2H3,(H,28,29,30)/b22-13-. The number of hydrogen-bond acceptors (Lipinski definition) is 5. The average Bonchev–Trinajstić information content (AvgIpc) is 3.13. The van der Waals surface area contributed by atoms with Crippen molar-refractivity contribution in [3.8, 4) is 11.5 Å². The van der Waals surface area contributed by atoms with E-state index >= 15 is 0 Å². The molecule has 0 unspecified atom stereocenters. The van der Waals surface area contributed by atoms with Crippen LogP contribution in [0.3, 0.4) is 0 Å². The van der Waals surface area contributed by atoms with Crippen LogP contribution in [0.15, 0.2) is 70.6 Å². The van der Waals surface area contributed by atoms with Crippen molar-refractivity contribution in [1.29, 1.82) is 0 Å². The normalized spacial score (nSPS) is 15.7. The van der Waals surface area contributed by atoms with Crippen LogP contribution in [0.4, 0.5) is 5.69 Å². The Morgan fingerprint density at radius 3 is 2.48 bits per heavy atom. The minimum Gasteiger partial charge on any atom is -0.493 e. The number of amides is 1. The summed E-state index contributed by atoms with van der Waals surface area (Å²) in [5.74, 6) is 0.686. The average molecular weight is 499 g/mol. The van der Waals surface area contributed by atoms with E-state index in [1.807, 2.05) is 43.3 Å². The molecule has 0 saturated carbocycles. The first-order valence-electron chi connectivity index (χ1n) is 10.0. The molecule has 3 aromatic rings. The van der Waals surface area contributed by atoms with Crippen LogP contribution in [-0.4, -0.2) is 18.2 Å². The number of methoxy groups -OCH3 is 1. The number of carbonyl (C=O) groups is 1. The van der Waals surface area contributed by atoms with Gasteiger partial charge in [0.15, 0.2) is 16.7 Å². The second-order valence-electron chi connectivity index (χ2n) is 7.27. The molecular formula is C25H20Cl2N2O3S. The molecule has 1 aliphatic rings. The Labute approximate surface area is 206 Å². The van der Waals surface area contributed by atoms with E-state index in [2.05, 4.69) is 10.3 Å². The number of halogens is 2. The number of aryl methyl sites for hydroxylation is 1. The number of nitrogens with zero attached hydrogens (tertiary/aromatic N) is 1. The van der Waals surface area contributed by atoms with E-state index < -0.39 is 0 Å². The molecule has 8 heteroatoms. The van der Waals surface area contributed by atoms with Crippen molar-refractivity contribution in [3.05, 3.63) is 92.3 Å². The lowest BCUT2D eigenvalue weighted by atomic mass is 10.1. The fourth-order valence-electron chi connectivity index (χ4n) is 3.07. The van der Waals surface area contributed by atoms with Crippen LogP contribution in [0.1, 0.15) is 16.7 Å². The molecule has 0 spiro atoms. The summed E-state index contributed by atoms with van der Waals surface area (Å²) in [5, 5.41) is 4.36. The highest BCUT2D eigenvalue weighted by atomic mass is 35.5. The Kier molecular flexibility index (Phi) is 7.28. The van der Waals surface area contributed by atoms with E-state index in [0.717, 1.165) is 16.8 Å². The van der Waals surface area contributed by atoms with Gasteiger partial charge in [0.05, 0.1) is 22.7 Å². The first kappa shape index (κ1) is 23.2. The van der Waals surface area contributed by atoms with Gasteiger partial charge < -0.3 is 14.8 Å². The van der Waals surface area contributed by atoms with Crippen LogP contribution in [0.5, 0.6) is 11.5 Å². The van der Waals surface area contributed by atoms with Crippen molar-refractivity contribution >= 4 is 57.8 Å². The predicted molar refractivity (Wildman–Crippen MR) is 136 cm³/mol. The summed E-state index contributed by atoms with van der Waals surface area (Å²) < 4.78 is 11.4. The second kappa shape index (κ2) is 10.3. The minimum absolute atomic E-state index is 0.219. The molecule has 0 aromatic heterocycles. The Morgan fingerprint density at radius 1 is 1.06 bits per heavy atom. The number of ether oxygens (including phenoxy) is 2. The largest absolute Gasteiger partial charge is 0.493 e. The molecule has 3 aromatic carbocycles. The van der Waals surface area contributed by atoms with E-state index in [1.54, 1.807) is 37.5 Å². The topological polar surface area (TPSA) is 59.9 Å². The molecule has 1 saturated heterocycles. The van der Waals surface area contributed by atoms with Gasteiger partial charge >= 0.3 is 0 Å². The third-order valence-electron chi connectivity index (χ3n) is 4.76. The number of nitrogens with one attached hydrogen (secondary N) is 1. The molecule has 1 aliphatic heterocycles. The van der Waals surface area contributed by atoms with Crippen LogP contribution in [0, 0.1) is 6.92 Å². The van der Waals surface area contributed by atoms with Crippen molar-refractivity contribution in [2.45, 2.75) is 13.5 Å². The molecular weight excluding hydrogens is 479 g/mol. The number of carbonyl (C=O) groups excluding carboxylic acids is 1. The van der Waals surface area contributed by atoms with Crippen LogP contribution < -0.4 is 14.8 Å². The second-order valence-corrected chi connectivity index (χ2v) is 9.14. The summed E-state index contributed by atoms with van der Waals surface area (Å²) in [6, 6.07) is 18.6. The Bertz CT molecular complexity index is 1240. The van der Waals surface area contributed by atoms with Crippen LogP contribution >= 0.6 is 35.0 Å². The zero-order valence-corrected chi connectivity index (χ0v) is 20.2. The van der Waals surface area contributed by atoms with Gasteiger partial charge in [-0.05, 0) is 72.3 Å². The quantitative estimate of drug-likeness (QED) is 0.380. The van der Waals surface area contributed by atoms with Crippen LogP contribution in [0.2, 0.25) is 10.0 Å². The number of amidine groups is 1. The van der Waals surface area contributed by atoms with E-state index in [0.29, 0.717) is 43.8 Å². The Balaban J connectivity index is 1.52. The zero-order chi connectivity index (χ0) is 23.4.